The number of nitrogens with one attached hydrogen (secondary N) is 1. The molecule has 128 valence electrons. The molecule has 0 spiro atoms. The topological polar surface area (TPSA) is 93.4 Å². The molecule has 0 saturated carbocycles. The summed E-state index contributed by atoms with van der Waals surface area (Å²) in [6.07, 6.45) is 0. The Balaban J connectivity index is 2.13. The van der Waals surface area contributed by atoms with Gasteiger partial charge in [-0.2, -0.15) is 5.10 Å². The predicted molar refractivity (Wildman–Crippen MR) is 89.6 cm³/mol. The number of amides is 1. The van der Waals surface area contributed by atoms with Gasteiger partial charge in [-0.15, -0.1) is 0 Å². The Bertz CT molecular complexity index is 765. The van der Waals surface area contributed by atoms with Gasteiger partial charge in [0, 0.05) is 12.7 Å². The average Bonchev–Trinajstić information content (AvgIpc) is 2.90. The van der Waals surface area contributed by atoms with Crippen molar-refractivity contribution < 1.29 is 19.4 Å². The highest BCUT2D eigenvalue weighted by atomic mass is 16.5. The minimum Gasteiger partial charge on any atom is -0.482 e. The summed E-state index contributed by atoms with van der Waals surface area (Å²) in [6.45, 7) is 5.44. The maximum absolute atomic E-state index is 12.4. The molecule has 0 aliphatic carbocycles. The number of carboxylic acids is 1. The smallest absolute Gasteiger partial charge is 0.341 e. The fourth-order valence-electron chi connectivity index (χ4n) is 2.18. The number of carbonyl (C=O) groups is 2. The molecule has 24 heavy (non-hydrogen) atoms. The lowest BCUT2D eigenvalue weighted by Crippen LogP contribution is -2.16. The second-order valence-electron chi connectivity index (χ2n) is 5.85. The lowest BCUT2D eigenvalue weighted by molar-refractivity contribution is -0.139. The number of ether oxygens (including phenoxy) is 1. The number of carboxylic acid groups (broad SMARTS) is 1. The van der Waals surface area contributed by atoms with Gasteiger partial charge < -0.3 is 15.2 Å². The third-order valence-electron chi connectivity index (χ3n) is 3.53. The van der Waals surface area contributed by atoms with Crippen LogP contribution in [0.15, 0.2) is 24.3 Å². The van der Waals surface area contributed by atoms with Crippen LogP contribution in [-0.4, -0.2) is 33.4 Å². The number of aromatic nitrogens is 2. The highest BCUT2D eigenvalue weighted by Crippen LogP contribution is 2.22. The van der Waals surface area contributed by atoms with E-state index in [0.717, 1.165) is 11.3 Å². The molecular weight excluding hydrogens is 310 g/mol. The fraction of sp³-hybridized carbons (Fsp3) is 0.353. The van der Waals surface area contributed by atoms with Gasteiger partial charge in [0.15, 0.2) is 6.61 Å². The first kappa shape index (κ1) is 17.5. The van der Waals surface area contributed by atoms with E-state index in [-0.39, 0.29) is 11.8 Å². The van der Waals surface area contributed by atoms with E-state index in [4.69, 9.17) is 9.84 Å². The number of hydrogen-bond donors (Lipinski definition) is 2. The Hall–Kier alpha value is -2.83. The van der Waals surface area contributed by atoms with Crippen molar-refractivity contribution in [2.24, 2.45) is 7.05 Å². The summed E-state index contributed by atoms with van der Waals surface area (Å²) in [7, 11) is 1.73. The number of carbonyl (C=O) groups excluding carboxylic acids is 1. The van der Waals surface area contributed by atoms with Crippen molar-refractivity contribution in [3.05, 3.63) is 41.2 Å². The molecular formula is C17H21N3O4. The number of aryl methyl sites for hydroxylation is 2. The third kappa shape index (κ3) is 4.13. The van der Waals surface area contributed by atoms with Crippen LogP contribution in [0.5, 0.6) is 5.75 Å². The number of rotatable bonds is 6. The van der Waals surface area contributed by atoms with Gasteiger partial charge in [-0.05, 0) is 42.7 Å². The molecule has 7 nitrogen and oxygen atoms in total. The molecule has 0 radical (unpaired) electrons. The maximum Gasteiger partial charge on any atom is 0.341 e. The molecule has 0 saturated heterocycles. The molecule has 1 amide bonds. The van der Waals surface area contributed by atoms with E-state index >= 15 is 0 Å². The van der Waals surface area contributed by atoms with Crippen LogP contribution in [0.25, 0.3) is 0 Å². The van der Waals surface area contributed by atoms with Gasteiger partial charge in [0.1, 0.15) is 11.4 Å². The van der Waals surface area contributed by atoms with E-state index in [1.165, 1.54) is 0 Å². The molecule has 2 aromatic rings. The van der Waals surface area contributed by atoms with Crippen LogP contribution in [0.3, 0.4) is 0 Å². The molecule has 1 aromatic heterocycles. The van der Waals surface area contributed by atoms with Crippen molar-refractivity contribution >= 4 is 17.6 Å². The van der Waals surface area contributed by atoms with Crippen molar-refractivity contribution in [1.29, 1.82) is 0 Å². The summed E-state index contributed by atoms with van der Waals surface area (Å²) in [6, 6.07) is 6.76. The van der Waals surface area contributed by atoms with Gasteiger partial charge in [0.05, 0.1) is 5.69 Å². The first-order chi connectivity index (χ1) is 11.3. The maximum atomic E-state index is 12.4. The molecule has 7 heteroatoms. The van der Waals surface area contributed by atoms with Crippen molar-refractivity contribution in [3.8, 4) is 5.75 Å². The summed E-state index contributed by atoms with van der Waals surface area (Å²) in [4.78, 5) is 23.0. The van der Waals surface area contributed by atoms with Crippen LogP contribution in [0.2, 0.25) is 0 Å². The van der Waals surface area contributed by atoms with E-state index < -0.39 is 12.6 Å². The Morgan fingerprint density at radius 2 is 2.04 bits per heavy atom. The zero-order valence-electron chi connectivity index (χ0n) is 14.2. The van der Waals surface area contributed by atoms with Crippen molar-refractivity contribution in [2.45, 2.75) is 26.7 Å². The van der Waals surface area contributed by atoms with Crippen molar-refractivity contribution in [2.75, 3.05) is 11.9 Å². The number of benzene rings is 1. The molecule has 1 aromatic carbocycles. The SMILES string of the molecule is Cc1cc(OCC(=O)O)ccc1NC(=O)c1cc(C(C)C)nn1C. The second kappa shape index (κ2) is 7.16. The van der Waals surface area contributed by atoms with E-state index in [1.54, 1.807) is 36.0 Å². The quantitative estimate of drug-likeness (QED) is 0.848. The fourth-order valence-corrected chi connectivity index (χ4v) is 2.18. The van der Waals surface area contributed by atoms with Gasteiger partial charge in [0.2, 0.25) is 0 Å². The molecule has 0 fully saturated rings. The van der Waals surface area contributed by atoms with Gasteiger partial charge in [0.25, 0.3) is 5.91 Å². The van der Waals surface area contributed by atoms with Crippen molar-refractivity contribution in [3.63, 3.8) is 0 Å². The minimum atomic E-state index is -1.04. The molecule has 2 N–H and O–H groups in total. The molecule has 0 aliphatic heterocycles. The van der Waals surface area contributed by atoms with Crippen LogP contribution >= 0.6 is 0 Å². The Labute approximate surface area is 140 Å². The highest BCUT2D eigenvalue weighted by Gasteiger charge is 2.16. The average molecular weight is 331 g/mol. The van der Waals surface area contributed by atoms with Gasteiger partial charge >= 0.3 is 5.97 Å². The number of nitrogens with zero attached hydrogens (tertiary/aromatic N) is 2. The molecule has 0 unspecified atom stereocenters. The van der Waals surface area contributed by atoms with E-state index in [2.05, 4.69) is 10.4 Å². The van der Waals surface area contributed by atoms with Gasteiger partial charge in [-0.25, -0.2) is 4.79 Å². The largest absolute Gasteiger partial charge is 0.482 e. The minimum absolute atomic E-state index is 0.241. The molecule has 0 atom stereocenters. The number of anilines is 1. The summed E-state index contributed by atoms with van der Waals surface area (Å²) < 4.78 is 6.68. The van der Waals surface area contributed by atoms with Gasteiger partial charge in [-0.3, -0.25) is 9.48 Å². The second-order valence-corrected chi connectivity index (χ2v) is 5.85. The summed E-state index contributed by atoms with van der Waals surface area (Å²) in [5, 5.41) is 15.8. The van der Waals surface area contributed by atoms with Crippen LogP contribution in [-0.2, 0) is 11.8 Å². The number of aliphatic carboxylic acids is 1. The van der Waals surface area contributed by atoms with E-state index in [0.29, 0.717) is 17.1 Å². The summed E-state index contributed by atoms with van der Waals surface area (Å²) in [5.74, 6) is -0.609. The lowest BCUT2D eigenvalue weighted by atomic mass is 10.1. The zero-order valence-corrected chi connectivity index (χ0v) is 14.2. The normalized spacial score (nSPS) is 10.7. The third-order valence-corrected chi connectivity index (χ3v) is 3.53. The highest BCUT2D eigenvalue weighted by molar-refractivity contribution is 6.03. The number of hydrogen-bond acceptors (Lipinski definition) is 4. The van der Waals surface area contributed by atoms with E-state index in [9.17, 15) is 9.59 Å². The zero-order chi connectivity index (χ0) is 17.9. The molecule has 0 aliphatic rings. The Kier molecular flexibility index (Phi) is 5.23. The monoisotopic (exact) mass is 331 g/mol. The Morgan fingerprint density at radius 3 is 2.58 bits per heavy atom. The van der Waals surface area contributed by atoms with Crippen LogP contribution in [0, 0.1) is 6.92 Å². The molecule has 1 heterocycles. The van der Waals surface area contributed by atoms with Crippen molar-refractivity contribution in [1.82, 2.24) is 9.78 Å². The van der Waals surface area contributed by atoms with E-state index in [1.807, 2.05) is 20.8 Å². The van der Waals surface area contributed by atoms with Crippen LogP contribution in [0.1, 0.15) is 41.5 Å². The van der Waals surface area contributed by atoms with Gasteiger partial charge in [-0.1, -0.05) is 13.8 Å². The Morgan fingerprint density at radius 1 is 1.33 bits per heavy atom. The first-order valence-corrected chi connectivity index (χ1v) is 7.58. The summed E-state index contributed by atoms with van der Waals surface area (Å²) in [5.41, 5.74) is 2.74. The first-order valence-electron chi connectivity index (χ1n) is 7.58. The van der Waals surface area contributed by atoms with Crippen LogP contribution in [0.4, 0.5) is 5.69 Å². The lowest BCUT2D eigenvalue weighted by Gasteiger charge is -2.10. The van der Waals surface area contributed by atoms with Crippen LogP contribution < -0.4 is 10.1 Å². The predicted octanol–water partition coefficient (Wildman–Crippen LogP) is 2.57. The summed E-state index contributed by atoms with van der Waals surface area (Å²) >= 11 is 0. The standard InChI is InChI=1S/C17H21N3O4/c1-10(2)14-8-15(20(4)19-14)17(23)18-13-6-5-12(7-11(13)3)24-9-16(21)22/h5-8,10H,9H2,1-4H3,(H,18,23)(H,21,22). The molecule has 2 rings (SSSR count). The molecule has 0 bridgehead atoms.